The van der Waals surface area contributed by atoms with E-state index < -0.39 is 0 Å². The van der Waals surface area contributed by atoms with E-state index in [0.717, 1.165) is 16.8 Å². The SMILES string of the molecule is COc1cc(C(=O)Nc2nnc(SCc3c(Cl)cccc3Cl)s2)ccc1OCc1c(C)noc1C. The van der Waals surface area contributed by atoms with E-state index in [4.69, 9.17) is 37.2 Å². The molecule has 4 aromatic rings. The van der Waals surface area contributed by atoms with Crippen LogP contribution in [0.3, 0.4) is 0 Å². The Morgan fingerprint density at radius 2 is 1.89 bits per heavy atom. The Bertz CT molecular complexity index is 1320. The number of hydrogen-bond donors (Lipinski definition) is 1. The highest BCUT2D eigenvalue weighted by Gasteiger charge is 2.16. The van der Waals surface area contributed by atoms with Gasteiger partial charge in [-0.3, -0.25) is 10.1 Å². The predicted octanol–water partition coefficient (Wildman–Crippen LogP) is 6.58. The van der Waals surface area contributed by atoms with Gasteiger partial charge < -0.3 is 14.0 Å². The van der Waals surface area contributed by atoms with Crippen LogP contribution in [0.2, 0.25) is 10.0 Å². The Hall–Kier alpha value is -2.79. The Morgan fingerprint density at radius 1 is 1.11 bits per heavy atom. The van der Waals surface area contributed by atoms with E-state index in [1.807, 2.05) is 13.8 Å². The van der Waals surface area contributed by atoms with Gasteiger partial charge in [0.05, 0.1) is 18.4 Å². The second kappa shape index (κ2) is 11.3. The molecule has 0 aliphatic rings. The van der Waals surface area contributed by atoms with Gasteiger partial charge in [-0.2, -0.15) is 0 Å². The average molecular weight is 551 g/mol. The highest BCUT2D eigenvalue weighted by molar-refractivity contribution is 8.00. The Kier molecular flexibility index (Phi) is 8.17. The fourth-order valence-electron chi connectivity index (χ4n) is 3.08. The standard InChI is InChI=1S/C23H20Cl2N4O4S2/c1-12-15(13(2)33-29-12)10-32-19-8-7-14(9-20(19)31-3)21(30)26-22-27-28-23(35-22)34-11-16-17(24)5-4-6-18(16)25/h4-9H,10-11H2,1-3H3,(H,26,27,30). The Balaban J connectivity index is 1.38. The van der Waals surface area contributed by atoms with E-state index in [1.165, 1.54) is 30.2 Å². The van der Waals surface area contributed by atoms with Crippen LogP contribution in [0.15, 0.2) is 45.3 Å². The molecule has 0 aliphatic carbocycles. The molecule has 1 amide bonds. The first-order valence-corrected chi connectivity index (χ1v) is 12.8. The molecule has 1 N–H and O–H groups in total. The van der Waals surface area contributed by atoms with E-state index in [9.17, 15) is 4.79 Å². The van der Waals surface area contributed by atoms with Crippen LogP contribution in [0.25, 0.3) is 0 Å². The molecule has 12 heteroatoms. The number of thioether (sulfide) groups is 1. The molecule has 8 nitrogen and oxygen atoms in total. The zero-order valence-electron chi connectivity index (χ0n) is 18.9. The summed E-state index contributed by atoms with van der Waals surface area (Å²) in [5.74, 6) is 1.81. The number of benzene rings is 2. The second-order valence-electron chi connectivity index (χ2n) is 7.27. The van der Waals surface area contributed by atoms with Crippen LogP contribution in [-0.2, 0) is 12.4 Å². The third kappa shape index (κ3) is 6.07. The largest absolute Gasteiger partial charge is 0.493 e. The van der Waals surface area contributed by atoms with Gasteiger partial charge in [0.25, 0.3) is 5.91 Å². The van der Waals surface area contributed by atoms with E-state index in [1.54, 1.807) is 36.4 Å². The van der Waals surface area contributed by atoms with Crippen LogP contribution in [0.5, 0.6) is 11.5 Å². The van der Waals surface area contributed by atoms with Crippen LogP contribution in [0.4, 0.5) is 5.13 Å². The Morgan fingerprint density at radius 3 is 2.57 bits per heavy atom. The maximum absolute atomic E-state index is 12.8. The van der Waals surface area contributed by atoms with Crippen molar-refractivity contribution in [2.75, 3.05) is 12.4 Å². The van der Waals surface area contributed by atoms with Gasteiger partial charge in [0.1, 0.15) is 12.4 Å². The lowest BCUT2D eigenvalue weighted by Gasteiger charge is -2.12. The molecule has 35 heavy (non-hydrogen) atoms. The molecular weight excluding hydrogens is 531 g/mol. The molecule has 0 atom stereocenters. The van der Waals surface area contributed by atoms with Crippen molar-refractivity contribution in [3.63, 3.8) is 0 Å². The first kappa shape index (κ1) is 25.3. The maximum atomic E-state index is 12.8. The van der Waals surface area contributed by atoms with E-state index in [0.29, 0.717) is 48.1 Å². The predicted molar refractivity (Wildman–Crippen MR) is 137 cm³/mol. The highest BCUT2D eigenvalue weighted by Crippen LogP contribution is 2.34. The lowest BCUT2D eigenvalue weighted by atomic mass is 10.2. The molecule has 0 saturated heterocycles. The average Bonchev–Trinajstić information content (AvgIpc) is 3.42. The van der Waals surface area contributed by atoms with Crippen molar-refractivity contribution in [1.29, 1.82) is 0 Å². The van der Waals surface area contributed by atoms with Crippen LogP contribution in [-0.4, -0.2) is 28.4 Å². The van der Waals surface area contributed by atoms with Gasteiger partial charge in [-0.15, -0.1) is 10.2 Å². The number of nitrogens with one attached hydrogen (secondary N) is 1. The Labute approximate surface area is 219 Å². The topological polar surface area (TPSA) is 99.4 Å². The molecule has 0 bridgehead atoms. The first-order chi connectivity index (χ1) is 16.9. The summed E-state index contributed by atoms with van der Waals surface area (Å²) in [5.41, 5.74) is 2.85. The zero-order chi connectivity index (χ0) is 24.9. The number of carbonyl (C=O) groups excluding carboxylic acids is 1. The molecule has 2 aromatic carbocycles. The van der Waals surface area contributed by atoms with Crippen LogP contribution >= 0.6 is 46.3 Å². The molecular formula is C23H20Cl2N4O4S2. The molecule has 0 saturated carbocycles. The van der Waals surface area contributed by atoms with Gasteiger partial charge in [0.15, 0.2) is 15.8 Å². The molecule has 0 unspecified atom stereocenters. The third-order valence-corrected chi connectivity index (χ3v) is 7.71. The minimum Gasteiger partial charge on any atom is -0.493 e. The summed E-state index contributed by atoms with van der Waals surface area (Å²) in [5, 5.41) is 16.4. The molecule has 0 aliphatic heterocycles. The van der Waals surface area contributed by atoms with Gasteiger partial charge in [0, 0.05) is 21.4 Å². The molecule has 0 fully saturated rings. The quantitative estimate of drug-likeness (QED) is 0.184. The fraction of sp³-hybridized carbons (Fsp3) is 0.217. The van der Waals surface area contributed by atoms with Crippen molar-refractivity contribution in [2.45, 2.75) is 30.5 Å². The molecule has 2 aromatic heterocycles. The van der Waals surface area contributed by atoms with Gasteiger partial charge in [-0.25, -0.2) is 0 Å². The number of carbonyl (C=O) groups is 1. The van der Waals surface area contributed by atoms with Crippen molar-refractivity contribution in [2.24, 2.45) is 0 Å². The van der Waals surface area contributed by atoms with Gasteiger partial charge in [-0.05, 0) is 49.7 Å². The number of rotatable bonds is 9. The van der Waals surface area contributed by atoms with Crippen molar-refractivity contribution in [3.05, 3.63) is 74.6 Å². The summed E-state index contributed by atoms with van der Waals surface area (Å²) < 4.78 is 17.1. The second-order valence-corrected chi connectivity index (χ2v) is 10.3. The number of nitrogens with zero attached hydrogens (tertiary/aromatic N) is 3. The molecule has 2 heterocycles. The molecule has 182 valence electrons. The summed E-state index contributed by atoms with van der Waals surface area (Å²) in [4.78, 5) is 12.8. The highest BCUT2D eigenvalue weighted by atomic mass is 35.5. The van der Waals surface area contributed by atoms with Crippen LogP contribution in [0, 0.1) is 13.8 Å². The summed E-state index contributed by atoms with van der Waals surface area (Å²) >= 11 is 15.1. The van der Waals surface area contributed by atoms with Crippen LogP contribution in [0.1, 0.15) is 32.9 Å². The lowest BCUT2D eigenvalue weighted by molar-refractivity contribution is 0.102. The number of anilines is 1. The summed E-state index contributed by atoms with van der Waals surface area (Å²) in [7, 11) is 1.51. The van der Waals surface area contributed by atoms with Gasteiger partial charge in [-0.1, -0.05) is 57.5 Å². The van der Waals surface area contributed by atoms with E-state index in [2.05, 4.69) is 20.7 Å². The number of halogens is 2. The van der Waals surface area contributed by atoms with Crippen molar-refractivity contribution < 1.29 is 18.8 Å². The molecule has 4 rings (SSSR count). The van der Waals surface area contributed by atoms with Gasteiger partial charge >= 0.3 is 0 Å². The number of methoxy groups -OCH3 is 1. The fourth-order valence-corrected chi connectivity index (χ4v) is 5.57. The van der Waals surface area contributed by atoms with Crippen LogP contribution < -0.4 is 14.8 Å². The maximum Gasteiger partial charge on any atom is 0.257 e. The summed E-state index contributed by atoms with van der Waals surface area (Å²) in [6.45, 7) is 3.95. The number of hydrogen-bond acceptors (Lipinski definition) is 9. The number of amides is 1. The third-order valence-electron chi connectivity index (χ3n) is 5.01. The monoisotopic (exact) mass is 550 g/mol. The molecule has 0 spiro atoms. The summed E-state index contributed by atoms with van der Waals surface area (Å²) in [6, 6.07) is 10.3. The van der Waals surface area contributed by atoms with E-state index in [-0.39, 0.29) is 12.5 Å². The minimum atomic E-state index is -0.345. The molecule has 0 radical (unpaired) electrons. The van der Waals surface area contributed by atoms with E-state index >= 15 is 0 Å². The van der Waals surface area contributed by atoms with Crippen molar-refractivity contribution in [1.82, 2.24) is 15.4 Å². The van der Waals surface area contributed by atoms with Gasteiger partial charge in [0.2, 0.25) is 5.13 Å². The van der Waals surface area contributed by atoms with Crippen molar-refractivity contribution >= 4 is 57.3 Å². The summed E-state index contributed by atoms with van der Waals surface area (Å²) in [6.07, 6.45) is 0. The number of aromatic nitrogens is 3. The normalized spacial score (nSPS) is 10.9. The lowest BCUT2D eigenvalue weighted by Crippen LogP contribution is -2.12. The zero-order valence-corrected chi connectivity index (χ0v) is 22.1. The van der Waals surface area contributed by atoms with Crippen molar-refractivity contribution in [3.8, 4) is 11.5 Å². The smallest absolute Gasteiger partial charge is 0.257 e. The first-order valence-electron chi connectivity index (χ1n) is 10.3. The number of aryl methyl sites for hydroxylation is 2. The minimum absolute atomic E-state index is 0.272. The number of ether oxygens (including phenoxy) is 2.